The molecule has 1 aromatic rings. The maximum Gasteiger partial charge on any atom is 0.487 e. The zero-order valence-electron chi connectivity index (χ0n) is 12.5. The van der Waals surface area contributed by atoms with Crippen LogP contribution >= 0.6 is 0 Å². The lowest BCUT2D eigenvalue weighted by Gasteiger charge is -2.32. The van der Waals surface area contributed by atoms with Gasteiger partial charge in [0, 0.05) is 0 Å². The molecule has 1 fully saturated rings. The largest absolute Gasteiger partial charge is 0.487 e. The molecule has 1 aliphatic heterocycles. The van der Waals surface area contributed by atoms with Gasteiger partial charge in [0.25, 0.3) is 0 Å². The molecule has 0 aromatic heterocycles. The molecule has 2 nitrogen and oxygen atoms in total. The Hall–Kier alpha value is -1.27. The Morgan fingerprint density at radius 1 is 1.00 bits per heavy atom. The molecule has 0 unspecified atom stereocenters. The predicted molar refractivity (Wildman–Crippen MR) is 76.6 cm³/mol. The topological polar surface area (TPSA) is 18.5 Å². The minimum absolute atomic E-state index is 0.0970. The Bertz CT molecular complexity index is 534. The maximum absolute atomic E-state index is 12.9. The van der Waals surface area contributed by atoms with Crippen LogP contribution in [0.3, 0.4) is 0 Å². The van der Waals surface area contributed by atoms with E-state index in [1.807, 2.05) is 27.7 Å². The quantitative estimate of drug-likeness (QED) is 0.756. The van der Waals surface area contributed by atoms with Gasteiger partial charge < -0.3 is 9.31 Å². The van der Waals surface area contributed by atoms with Crippen molar-refractivity contribution in [3.05, 3.63) is 41.4 Å². The van der Waals surface area contributed by atoms with Crippen molar-refractivity contribution < 1.29 is 22.5 Å². The molecule has 1 aliphatic rings. The molecular formula is C15H18BF3O2. The van der Waals surface area contributed by atoms with Gasteiger partial charge >= 0.3 is 13.3 Å². The normalized spacial score (nSPS) is 21.2. The summed E-state index contributed by atoms with van der Waals surface area (Å²) in [5.41, 5.74) is -1.59. The summed E-state index contributed by atoms with van der Waals surface area (Å²) in [7, 11) is -0.656. The van der Waals surface area contributed by atoms with E-state index in [9.17, 15) is 13.2 Å². The summed E-state index contributed by atoms with van der Waals surface area (Å²) in [5, 5.41) is 0. The van der Waals surface area contributed by atoms with Crippen LogP contribution in [0.5, 0.6) is 0 Å². The van der Waals surface area contributed by atoms with Crippen molar-refractivity contribution >= 4 is 13.2 Å². The molecule has 0 aliphatic carbocycles. The van der Waals surface area contributed by atoms with Gasteiger partial charge in [-0.05, 0) is 39.3 Å². The molecule has 0 spiro atoms. The SMILES string of the molecule is CC1(C)OB(C=Cc2ccccc2C(F)(F)F)OC1(C)C. The van der Waals surface area contributed by atoms with Gasteiger partial charge in [-0.25, -0.2) is 0 Å². The van der Waals surface area contributed by atoms with Gasteiger partial charge in [-0.15, -0.1) is 0 Å². The summed E-state index contributed by atoms with van der Waals surface area (Å²) in [5.74, 6) is 1.51. The van der Waals surface area contributed by atoms with Crippen molar-refractivity contribution in [1.82, 2.24) is 0 Å². The molecule has 6 heteroatoms. The summed E-state index contributed by atoms with van der Waals surface area (Å²) < 4.78 is 50.1. The molecule has 0 atom stereocenters. The third-order valence-corrected chi connectivity index (χ3v) is 3.97. The summed E-state index contributed by atoms with van der Waals surface area (Å²) in [4.78, 5) is 0. The molecule has 0 radical (unpaired) electrons. The van der Waals surface area contributed by atoms with E-state index in [2.05, 4.69) is 0 Å². The monoisotopic (exact) mass is 298 g/mol. The standard InChI is InChI=1S/C15H18BF3O2/c1-13(2)14(3,4)21-16(20-13)10-9-11-7-5-6-8-12(11)15(17,18)19/h5-10H,1-4H3. The van der Waals surface area contributed by atoms with Crippen LogP contribution in [-0.2, 0) is 15.5 Å². The average molecular weight is 298 g/mol. The Labute approximate surface area is 123 Å². The van der Waals surface area contributed by atoms with Gasteiger partial charge in [-0.1, -0.05) is 30.3 Å². The molecule has 0 amide bonds. The summed E-state index contributed by atoms with van der Waals surface area (Å²) in [6, 6.07) is 5.42. The minimum Gasteiger partial charge on any atom is -0.400 e. The first-order valence-corrected chi connectivity index (χ1v) is 6.73. The fourth-order valence-corrected chi connectivity index (χ4v) is 2.05. The van der Waals surface area contributed by atoms with Crippen molar-refractivity contribution in [2.45, 2.75) is 45.1 Å². The molecule has 0 saturated carbocycles. The highest BCUT2D eigenvalue weighted by Gasteiger charge is 2.50. The van der Waals surface area contributed by atoms with Crippen LogP contribution < -0.4 is 0 Å². The van der Waals surface area contributed by atoms with E-state index in [4.69, 9.17) is 9.31 Å². The van der Waals surface area contributed by atoms with Crippen LogP contribution in [-0.4, -0.2) is 18.3 Å². The number of rotatable bonds is 2. The smallest absolute Gasteiger partial charge is 0.400 e. The lowest BCUT2D eigenvalue weighted by molar-refractivity contribution is -0.137. The number of hydrogen-bond acceptors (Lipinski definition) is 2. The number of benzene rings is 1. The van der Waals surface area contributed by atoms with Crippen molar-refractivity contribution in [3.8, 4) is 0 Å². The van der Waals surface area contributed by atoms with Crippen LogP contribution in [0, 0.1) is 0 Å². The Morgan fingerprint density at radius 2 is 1.52 bits per heavy atom. The first-order valence-electron chi connectivity index (χ1n) is 6.73. The molecule has 0 N–H and O–H groups in total. The van der Waals surface area contributed by atoms with Crippen LogP contribution in [0.2, 0.25) is 0 Å². The fraction of sp³-hybridized carbons (Fsp3) is 0.467. The molecule has 114 valence electrons. The highest BCUT2D eigenvalue weighted by Crippen LogP contribution is 2.37. The third-order valence-electron chi connectivity index (χ3n) is 3.97. The number of halogens is 3. The van der Waals surface area contributed by atoms with Crippen molar-refractivity contribution in [2.24, 2.45) is 0 Å². The lowest BCUT2D eigenvalue weighted by Crippen LogP contribution is -2.41. The van der Waals surface area contributed by atoms with Crippen molar-refractivity contribution in [3.63, 3.8) is 0 Å². The molecule has 2 rings (SSSR count). The van der Waals surface area contributed by atoms with E-state index in [1.165, 1.54) is 24.2 Å². The van der Waals surface area contributed by atoms with E-state index in [1.54, 1.807) is 6.07 Å². The highest BCUT2D eigenvalue weighted by atomic mass is 19.4. The van der Waals surface area contributed by atoms with E-state index >= 15 is 0 Å². The second kappa shape index (κ2) is 5.18. The zero-order chi connectivity index (χ0) is 15.9. The van der Waals surface area contributed by atoms with Crippen LogP contribution in [0.15, 0.2) is 30.2 Å². The first kappa shape index (κ1) is 16.1. The van der Waals surface area contributed by atoms with Crippen molar-refractivity contribution in [2.75, 3.05) is 0 Å². The van der Waals surface area contributed by atoms with E-state index < -0.39 is 30.1 Å². The number of hydrogen-bond donors (Lipinski definition) is 0. The molecule has 1 heterocycles. The van der Waals surface area contributed by atoms with Crippen LogP contribution in [0.4, 0.5) is 13.2 Å². The molecule has 21 heavy (non-hydrogen) atoms. The second-order valence-electron chi connectivity index (χ2n) is 6.07. The molecule has 1 saturated heterocycles. The Balaban J connectivity index is 2.21. The summed E-state index contributed by atoms with van der Waals surface area (Å²) in [6.45, 7) is 7.57. The first-order chi connectivity index (χ1) is 9.53. The fourth-order valence-electron chi connectivity index (χ4n) is 2.05. The van der Waals surface area contributed by atoms with Gasteiger partial charge in [0.05, 0.1) is 16.8 Å². The molecule has 1 aromatic carbocycles. The Kier molecular flexibility index (Phi) is 3.97. The third kappa shape index (κ3) is 3.32. The van der Waals surface area contributed by atoms with E-state index in [0.717, 1.165) is 6.07 Å². The number of alkyl halides is 3. The Morgan fingerprint density at radius 3 is 2.05 bits per heavy atom. The average Bonchev–Trinajstić information content (AvgIpc) is 2.54. The van der Waals surface area contributed by atoms with Crippen LogP contribution in [0.1, 0.15) is 38.8 Å². The van der Waals surface area contributed by atoms with Crippen LogP contribution in [0.25, 0.3) is 6.08 Å². The highest BCUT2D eigenvalue weighted by molar-refractivity contribution is 6.52. The van der Waals surface area contributed by atoms with Gasteiger partial charge in [0.1, 0.15) is 0 Å². The van der Waals surface area contributed by atoms with Gasteiger partial charge in [0.2, 0.25) is 0 Å². The molecule has 0 bridgehead atoms. The maximum atomic E-state index is 12.9. The minimum atomic E-state index is -4.38. The lowest BCUT2D eigenvalue weighted by atomic mass is 9.88. The summed E-state index contributed by atoms with van der Waals surface area (Å²) in [6.07, 6.45) is -2.98. The van der Waals surface area contributed by atoms with E-state index in [0.29, 0.717) is 0 Å². The van der Waals surface area contributed by atoms with Crippen molar-refractivity contribution in [1.29, 1.82) is 0 Å². The molecular weight excluding hydrogens is 280 g/mol. The predicted octanol–water partition coefficient (Wildman–Crippen LogP) is 4.35. The second-order valence-corrected chi connectivity index (χ2v) is 6.07. The zero-order valence-corrected chi connectivity index (χ0v) is 12.5. The van der Waals surface area contributed by atoms with Gasteiger partial charge in [-0.2, -0.15) is 13.2 Å². The van der Waals surface area contributed by atoms with Gasteiger partial charge in [-0.3, -0.25) is 0 Å². The van der Waals surface area contributed by atoms with E-state index in [-0.39, 0.29) is 5.56 Å². The summed E-state index contributed by atoms with van der Waals surface area (Å²) >= 11 is 0. The van der Waals surface area contributed by atoms with Gasteiger partial charge in [0.15, 0.2) is 0 Å².